The van der Waals surface area contributed by atoms with Crippen molar-refractivity contribution in [1.29, 1.82) is 0 Å². The van der Waals surface area contributed by atoms with Crippen molar-refractivity contribution in [1.82, 2.24) is 19.5 Å². The first-order valence-electron chi connectivity index (χ1n) is 7.55. The SMILES string of the molecule is CCCCC#Cc1nc(C)nc2c1ncn2-c1ccccc1. The van der Waals surface area contributed by atoms with Crippen LogP contribution in [-0.4, -0.2) is 19.5 Å². The summed E-state index contributed by atoms with van der Waals surface area (Å²) in [6.07, 6.45) is 4.93. The second kappa shape index (κ2) is 6.40. The third-order valence-corrected chi connectivity index (χ3v) is 3.40. The summed E-state index contributed by atoms with van der Waals surface area (Å²) in [5.41, 5.74) is 3.32. The van der Waals surface area contributed by atoms with Crippen LogP contribution in [0, 0.1) is 18.8 Å². The van der Waals surface area contributed by atoms with Crippen LogP contribution in [0.5, 0.6) is 0 Å². The van der Waals surface area contributed by atoms with Crippen molar-refractivity contribution in [3.05, 3.63) is 48.2 Å². The maximum atomic E-state index is 4.54. The van der Waals surface area contributed by atoms with Gasteiger partial charge >= 0.3 is 0 Å². The van der Waals surface area contributed by atoms with Gasteiger partial charge in [0.25, 0.3) is 0 Å². The maximum Gasteiger partial charge on any atom is 0.169 e. The molecule has 110 valence electrons. The number of aromatic nitrogens is 4. The average Bonchev–Trinajstić information content (AvgIpc) is 2.96. The Hall–Kier alpha value is -2.67. The van der Waals surface area contributed by atoms with Crippen molar-refractivity contribution < 1.29 is 0 Å². The summed E-state index contributed by atoms with van der Waals surface area (Å²) in [6.45, 7) is 4.05. The zero-order chi connectivity index (χ0) is 15.4. The fraction of sp³-hybridized carbons (Fsp3) is 0.278. The molecule has 0 radical (unpaired) electrons. The molecule has 3 aromatic rings. The second-order valence-electron chi connectivity index (χ2n) is 5.15. The minimum absolute atomic E-state index is 0.713. The Bertz CT molecular complexity index is 838. The first kappa shape index (κ1) is 14.3. The third kappa shape index (κ3) is 2.84. The molecule has 0 unspecified atom stereocenters. The molecule has 0 N–H and O–H groups in total. The Labute approximate surface area is 130 Å². The number of para-hydroxylation sites is 1. The number of aryl methyl sites for hydroxylation is 1. The summed E-state index contributed by atoms with van der Waals surface area (Å²) in [6, 6.07) is 10.1. The minimum atomic E-state index is 0.713. The molecule has 0 bridgehead atoms. The number of rotatable bonds is 3. The van der Waals surface area contributed by atoms with Gasteiger partial charge in [-0.15, -0.1) is 0 Å². The highest BCUT2D eigenvalue weighted by molar-refractivity contribution is 5.78. The van der Waals surface area contributed by atoms with Crippen LogP contribution in [0.25, 0.3) is 16.9 Å². The molecular formula is C18H18N4. The summed E-state index contributed by atoms with van der Waals surface area (Å²) in [5.74, 6) is 7.05. The van der Waals surface area contributed by atoms with Gasteiger partial charge in [0, 0.05) is 12.1 Å². The average molecular weight is 290 g/mol. The normalized spacial score (nSPS) is 10.5. The predicted molar refractivity (Wildman–Crippen MR) is 87.8 cm³/mol. The lowest BCUT2D eigenvalue weighted by Gasteiger charge is -2.03. The van der Waals surface area contributed by atoms with E-state index in [9.17, 15) is 0 Å². The molecule has 0 fully saturated rings. The summed E-state index contributed by atoms with van der Waals surface area (Å²) in [7, 11) is 0. The Morgan fingerprint density at radius 3 is 2.73 bits per heavy atom. The first-order chi connectivity index (χ1) is 10.8. The van der Waals surface area contributed by atoms with Gasteiger partial charge in [-0.1, -0.05) is 37.5 Å². The largest absolute Gasteiger partial charge is 0.283 e. The van der Waals surface area contributed by atoms with Gasteiger partial charge in [0.15, 0.2) is 5.65 Å². The van der Waals surface area contributed by atoms with E-state index in [1.54, 1.807) is 6.33 Å². The van der Waals surface area contributed by atoms with E-state index >= 15 is 0 Å². The molecule has 0 spiro atoms. The molecule has 2 heterocycles. The molecule has 4 nitrogen and oxygen atoms in total. The number of imidazole rings is 1. The molecule has 1 aromatic carbocycles. The lowest BCUT2D eigenvalue weighted by Crippen LogP contribution is -1.98. The van der Waals surface area contributed by atoms with E-state index in [-0.39, 0.29) is 0 Å². The molecule has 4 heteroatoms. The van der Waals surface area contributed by atoms with Gasteiger partial charge in [0.2, 0.25) is 0 Å². The first-order valence-corrected chi connectivity index (χ1v) is 7.55. The Morgan fingerprint density at radius 1 is 1.14 bits per heavy atom. The monoisotopic (exact) mass is 290 g/mol. The molecule has 0 saturated heterocycles. The standard InChI is InChI=1S/C18H18N4/c1-3-4-5-9-12-16-17-18(21-14(2)20-16)22(13-19-17)15-10-7-6-8-11-15/h6-8,10-11,13H,3-5H2,1-2H3. The fourth-order valence-corrected chi connectivity index (χ4v) is 2.28. The van der Waals surface area contributed by atoms with Crippen molar-refractivity contribution in [3.63, 3.8) is 0 Å². The second-order valence-corrected chi connectivity index (χ2v) is 5.15. The third-order valence-electron chi connectivity index (χ3n) is 3.40. The van der Waals surface area contributed by atoms with E-state index in [4.69, 9.17) is 0 Å². The molecule has 0 aliphatic heterocycles. The van der Waals surface area contributed by atoms with Crippen LogP contribution in [0.2, 0.25) is 0 Å². The van der Waals surface area contributed by atoms with Crippen LogP contribution in [0.3, 0.4) is 0 Å². The van der Waals surface area contributed by atoms with Crippen LogP contribution in [-0.2, 0) is 0 Å². The van der Waals surface area contributed by atoms with Gasteiger partial charge in [0.1, 0.15) is 23.4 Å². The molecule has 0 saturated carbocycles. The van der Waals surface area contributed by atoms with E-state index in [1.165, 1.54) is 0 Å². The van der Waals surface area contributed by atoms with Crippen LogP contribution in [0.1, 0.15) is 37.7 Å². The van der Waals surface area contributed by atoms with Gasteiger partial charge in [-0.25, -0.2) is 15.0 Å². The molecule has 0 aliphatic rings. The van der Waals surface area contributed by atoms with E-state index in [1.807, 2.05) is 41.8 Å². The van der Waals surface area contributed by atoms with Gasteiger partial charge < -0.3 is 0 Å². The maximum absolute atomic E-state index is 4.54. The number of fused-ring (bicyclic) bond motifs is 1. The van der Waals surface area contributed by atoms with Crippen LogP contribution < -0.4 is 0 Å². The molecular weight excluding hydrogens is 272 g/mol. The minimum Gasteiger partial charge on any atom is -0.283 e. The zero-order valence-electron chi connectivity index (χ0n) is 12.9. The number of unbranched alkanes of at least 4 members (excludes halogenated alkanes) is 2. The van der Waals surface area contributed by atoms with E-state index in [2.05, 4.69) is 33.7 Å². The number of benzene rings is 1. The highest BCUT2D eigenvalue weighted by atomic mass is 15.1. The van der Waals surface area contributed by atoms with Crippen molar-refractivity contribution >= 4 is 11.2 Å². The van der Waals surface area contributed by atoms with Crippen LogP contribution >= 0.6 is 0 Å². The zero-order valence-corrected chi connectivity index (χ0v) is 12.9. The molecule has 22 heavy (non-hydrogen) atoms. The highest BCUT2D eigenvalue weighted by Gasteiger charge is 2.11. The number of hydrogen-bond donors (Lipinski definition) is 0. The molecule has 0 aliphatic carbocycles. The van der Waals surface area contributed by atoms with Gasteiger partial charge in [0.05, 0.1) is 0 Å². The Kier molecular flexibility index (Phi) is 4.15. The predicted octanol–water partition coefficient (Wildman–Crippen LogP) is 3.67. The lowest BCUT2D eigenvalue weighted by atomic mass is 10.2. The molecule has 2 aromatic heterocycles. The Balaban J connectivity index is 2.08. The van der Waals surface area contributed by atoms with E-state index < -0.39 is 0 Å². The smallest absolute Gasteiger partial charge is 0.169 e. The summed E-state index contributed by atoms with van der Waals surface area (Å²) in [4.78, 5) is 13.5. The Morgan fingerprint density at radius 2 is 1.95 bits per heavy atom. The molecule has 0 atom stereocenters. The molecule has 3 rings (SSSR count). The summed E-state index contributed by atoms with van der Waals surface area (Å²) >= 11 is 0. The fourth-order valence-electron chi connectivity index (χ4n) is 2.28. The summed E-state index contributed by atoms with van der Waals surface area (Å²) < 4.78 is 1.97. The quantitative estimate of drug-likeness (QED) is 0.546. The van der Waals surface area contributed by atoms with Crippen molar-refractivity contribution in [2.75, 3.05) is 0 Å². The van der Waals surface area contributed by atoms with E-state index in [0.717, 1.165) is 36.1 Å². The van der Waals surface area contributed by atoms with Crippen molar-refractivity contribution in [2.45, 2.75) is 33.1 Å². The van der Waals surface area contributed by atoms with Gasteiger partial charge in [-0.05, 0) is 31.4 Å². The van der Waals surface area contributed by atoms with Gasteiger partial charge in [-0.2, -0.15) is 0 Å². The number of nitrogens with zero attached hydrogens (tertiary/aromatic N) is 4. The lowest BCUT2D eigenvalue weighted by molar-refractivity contribution is 0.828. The van der Waals surface area contributed by atoms with Gasteiger partial charge in [-0.3, -0.25) is 4.57 Å². The van der Waals surface area contributed by atoms with Crippen molar-refractivity contribution in [3.8, 4) is 17.5 Å². The van der Waals surface area contributed by atoms with Crippen molar-refractivity contribution in [2.24, 2.45) is 0 Å². The topological polar surface area (TPSA) is 43.6 Å². The van der Waals surface area contributed by atoms with Crippen LogP contribution in [0.15, 0.2) is 36.7 Å². The summed E-state index contributed by atoms with van der Waals surface area (Å²) in [5, 5.41) is 0. The molecule has 0 amide bonds. The van der Waals surface area contributed by atoms with Crippen LogP contribution in [0.4, 0.5) is 0 Å². The number of hydrogen-bond acceptors (Lipinski definition) is 3. The highest BCUT2D eigenvalue weighted by Crippen LogP contribution is 2.18. The van der Waals surface area contributed by atoms with E-state index in [0.29, 0.717) is 11.5 Å².